The summed E-state index contributed by atoms with van der Waals surface area (Å²) in [5, 5.41) is 42.0. The van der Waals surface area contributed by atoms with Gasteiger partial charge < -0.3 is 20.4 Å². The average Bonchev–Trinajstić information content (AvgIpc) is 3.10. The van der Waals surface area contributed by atoms with Crippen LogP contribution in [-0.2, 0) is 49.0 Å². The van der Waals surface area contributed by atoms with Crippen LogP contribution in [0.3, 0.4) is 0 Å². The van der Waals surface area contributed by atoms with Gasteiger partial charge >= 0.3 is 17.9 Å². The van der Waals surface area contributed by atoms with Gasteiger partial charge in [-0.05, 0) is 70.8 Å². The first-order valence-electron chi connectivity index (χ1n) is 20.5. The number of rotatable bonds is 10. The molecule has 1 saturated carbocycles. The molecule has 5 N–H and O–H groups in total. The van der Waals surface area contributed by atoms with Crippen LogP contribution in [0.15, 0.2) is 34.3 Å². The third kappa shape index (κ3) is 13.6. The van der Waals surface area contributed by atoms with Crippen molar-refractivity contribution in [1.82, 2.24) is 10.2 Å². The normalized spacial score (nSPS) is 19.1. The van der Waals surface area contributed by atoms with E-state index in [2.05, 4.69) is 101 Å². The molecule has 12 heteroatoms. The maximum Gasteiger partial charge on any atom is 0.348 e. The Hall–Kier alpha value is -3.90. The first kappa shape index (κ1) is 47.5. The van der Waals surface area contributed by atoms with Crippen molar-refractivity contribution in [2.45, 2.75) is 148 Å². The molecule has 2 aromatic carbocycles. The number of hydrogen-bond donors (Lipinski definition) is 5. The zero-order chi connectivity index (χ0) is 41.4. The predicted octanol–water partition coefficient (Wildman–Crippen LogP) is 7.38. The van der Waals surface area contributed by atoms with Crippen LogP contribution in [0.1, 0.15) is 147 Å². The number of phenols is 2. The van der Waals surface area contributed by atoms with Gasteiger partial charge in [-0.25, -0.2) is 0 Å². The summed E-state index contributed by atoms with van der Waals surface area (Å²) in [5.41, 5.74) is 5.67. The van der Waals surface area contributed by atoms with Crippen molar-refractivity contribution in [3.8, 4) is 11.5 Å². The van der Waals surface area contributed by atoms with Crippen molar-refractivity contribution < 1.29 is 51.4 Å². The van der Waals surface area contributed by atoms with E-state index in [0.717, 1.165) is 93.5 Å². The monoisotopic (exact) mass is 833 g/mol. The van der Waals surface area contributed by atoms with E-state index in [1.807, 2.05) is 12.4 Å². The largest absolute Gasteiger partial charge is 0.507 e. The maximum atomic E-state index is 11.6. The quantitative estimate of drug-likeness (QED) is 0.0943. The van der Waals surface area contributed by atoms with Gasteiger partial charge in [0, 0.05) is 58.7 Å². The number of carboxylic acid groups (broad SMARTS) is 2. The second-order valence-corrected chi connectivity index (χ2v) is 18.8. The SMILES string of the molecule is CC(C)(C)c1cc(C=NC2CCCCC2N=Cc2cc(C(C)(C)C)cc(C(C)(C)C)c2O)c(O)c(CCCN2CCC[N+]3=C2NCCC3)c1.O=C(O)CC(=O)O.[Co]. The van der Waals surface area contributed by atoms with Gasteiger partial charge in [-0.3, -0.25) is 34.4 Å². The van der Waals surface area contributed by atoms with Gasteiger partial charge in [-0.2, -0.15) is 0 Å². The van der Waals surface area contributed by atoms with E-state index in [1.165, 1.54) is 29.9 Å². The molecule has 0 aromatic heterocycles. The molecule has 1 aliphatic carbocycles. The molecule has 3 aliphatic rings. The molecule has 57 heavy (non-hydrogen) atoms. The Kier molecular flexibility index (Phi) is 16.8. The van der Waals surface area contributed by atoms with Crippen molar-refractivity contribution in [2.24, 2.45) is 9.98 Å². The van der Waals surface area contributed by atoms with E-state index in [0.29, 0.717) is 11.5 Å². The number of nitrogens with zero attached hydrogens (tertiary/aromatic N) is 4. The van der Waals surface area contributed by atoms with E-state index < -0.39 is 18.4 Å². The Labute approximate surface area is 351 Å². The number of aryl methyl sites for hydroxylation is 1. The van der Waals surface area contributed by atoms with E-state index in [9.17, 15) is 19.8 Å². The number of aromatic hydroxyl groups is 2. The fourth-order valence-corrected chi connectivity index (χ4v) is 7.58. The molecule has 317 valence electrons. The summed E-state index contributed by atoms with van der Waals surface area (Å²) in [6.45, 7) is 25.2. The minimum absolute atomic E-state index is 0. The van der Waals surface area contributed by atoms with Gasteiger partial charge in [0.1, 0.15) is 17.9 Å². The summed E-state index contributed by atoms with van der Waals surface area (Å²) >= 11 is 0. The van der Waals surface area contributed by atoms with Crippen LogP contribution in [0.4, 0.5) is 0 Å². The fourth-order valence-electron chi connectivity index (χ4n) is 7.58. The third-order valence-electron chi connectivity index (χ3n) is 10.9. The average molecular weight is 834 g/mol. The molecule has 2 unspecified atom stereocenters. The molecule has 2 aromatic rings. The van der Waals surface area contributed by atoms with Crippen LogP contribution >= 0.6 is 0 Å². The number of hydrogen-bond acceptors (Lipinski definition) is 8. The molecule has 1 radical (unpaired) electrons. The molecular formula is C45H68CoN5O6+. The van der Waals surface area contributed by atoms with Crippen molar-refractivity contribution in [2.75, 3.05) is 32.7 Å². The van der Waals surface area contributed by atoms with Gasteiger partial charge in [0.05, 0.1) is 44.8 Å². The Morgan fingerprint density at radius 1 is 0.772 bits per heavy atom. The predicted molar refractivity (Wildman–Crippen MR) is 226 cm³/mol. The topological polar surface area (TPSA) is 158 Å². The van der Waals surface area contributed by atoms with Crippen LogP contribution in [0.5, 0.6) is 11.5 Å². The fraction of sp³-hybridized carbons (Fsp3) is 0.622. The Morgan fingerprint density at radius 3 is 1.81 bits per heavy atom. The van der Waals surface area contributed by atoms with Crippen molar-refractivity contribution in [3.05, 3.63) is 57.6 Å². The standard InChI is InChI=1S/C42H63N5O2.C3H4O4.Co/c1-40(2,3)32-23-29(15-12-19-46-21-14-22-47-20-13-18-43-39(46)47)37(48)30(24-32)27-44-35-16-10-11-17-36(35)45-28-31-25-33(41(4,5)6)26-34(38(31)49)42(7,8)9;4-2(5)1-3(6)7;/h23-28,35-36H,10-22H2,1-9H3,(H2,44,45,48,49);1H2,(H,4,5)(H,6,7);/p+1. The van der Waals surface area contributed by atoms with Crippen LogP contribution in [0, 0.1) is 0 Å². The molecule has 2 aliphatic heterocycles. The molecule has 0 spiro atoms. The Balaban J connectivity index is 0.000000995. The Morgan fingerprint density at radius 2 is 1.30 bits per heavy atom. The molecule has 1 fully saturated rings. The molecule has 2 atom stereocenters. The zero-order valence-corrected chi connectivity index (χ0v) is 36.8. The molecular weight excluding hydrogens is 765 g/mol. The van der Waals surface area contributed by atoms with Crippen LogP contribution in [0.25, 0.3) is 0 Å². The molecule has 2 heterocycles. The van der Waals surface area contributed by atoms with E-state index >= 15 is 0 Å². The molecule has 5 rings (SSSR count). The van der Waals surface area contributed by atoms with Crippen LogP contribution in [-0.4, -0.2) is 105 Å². The van der Waals surface area contributed by atoms with Crippen LogP contribution in [0.2, 0.25) is 0 Å². The minimum atomic E-state index is -1.31. The van der Waals surface area contributed by atoms with Gasteiger partial charge in [0.25, 0.3) is 0 Å². The van der Waals surface area contributed by atoms with Gasteiger partial charge in [0.2, 0.25) is 0 Å². The summed E-state index contributed by atoms with van der Waals surface area (Å²) in [6.07, 6.45) is 11.4. The first-order chi connectivity index (χ1) is 26.1. The van der Waals surface area contributed by atoms with E-state index in [4.69, 9.17) is 20.2 Å². The number of aliphatic carboxylic acids is 2. The summed E-state index contributed by atoms with van der Waals surface area (Å²) in [5.74, 6) is -0.646. The number of nitrogens with one attached hydrogen (secondary N) is 1. The van der Waals surface area contributed by atoms with Gasteiger partial charge in [-0.1, -0.05) is 87.3 Å². The number of carbonyl (C=O) groups is 2. The number of benzene rings is 2. The Bertz CT molecular complexity index is 1780. The number of carboxylic acids is 2. The summed E-state index contributed by atoms with van der Waals surface area (Å²) in [7, 11) is 0. The number of guanidine groups is 1. The molecule has 0 bridgehead atoms. The second kappa shape index (κ2) is 20.2. The zero-order valence-electron chi connectivity index (χ0n) is 35.7. The smallest absolute Gasteiger partial charge is 0.348 e. The van der Waals surface area contributed by atoms with Gasteiger partial charge in [0.15, 0.2) is 0 Å². The number of phenolic OH excluding ortho intramolecular Hbond substituents is 2. The van der Waals surface area contributed by atoms with E-state index in [1.54, 1.807) is 0 Å². The van der Waals surface area contributed by atoms with Crippen molar-refractivity contribution in [3.63, 3.8) is 0 Å². The van der Waals surface area contributed by atoms with Crippen molar-refractivity contribution in [1.29, 1.82) is 0 Å². The summed E-state index contributed by atoms with van der Waals surface area (Å²) in [6, 6.07) is 8.64. The minimum Gasteiger partial charge on any atom is -0.507 e. The van der Waals surface area contributed by atoms with Crippen LogP contribution < -0.4 is 5.32 Å². The molecule has 11 nitrogen and oxygen atoms in total. The van der Waals surface area contributed by atoms with E-state index in [-0.39, 0.29) is 45.1 Å². The summed E-state index contributed by atoms with van der Waals surface area (Å²) < 4.78 is 2.50. The maximum absolute atomic E-state index is 11.6. The third-order valence-corrected chi connectivity index (χ3v) is 10.9. The molecule has 0 saturated heterocycles. The van der Waals surface area contributed by atoms with Crippen molar-refractivity contribution >= 4 is 30.3 Å². The summed E-state index contributed by atoms with van der Waals surface area (Å²) in [4.78, 5) is 31.6. The molecule has 0 amide bonds. The first-order valence-corrected chi connectivity index (χ1v) is 20.5. The van der Waals surface area contributed by atoms with Gasteiger partial charge in [-0.15, -0.1) is 0 Å². The second-order valence-electron chi connectivity index (χ2n) is 18.8. The number of aliphatic imine (C=N–C) groups is 2.